The number of carbonyl (C=O) groups is 1. The third-order valence-electron chi connectivity index (χ3n) is 7.68. The van der Waals surface area contributed by atoms with Crippen LogP contribution in [0.5, 0.6) is 0 Å². The van der Waals surface area contributed by atoms with Crippen LogP contribution >= 0.6 is 8.60 Å². The zero-order valence-electron chi connectivity index (χ0n) is 25.2. The van der Waals surface area contributed by atoms with Gasteiger partial charge in [-0.15, -0.1) is 0 Å². The van der Waals surface area contributed by atoms with Gasteiger partial charge in [0.05, 0.1) is 39.5 Å². The highest BCUT2D eigenvalue weighted by molar-refractivity contribution is 7.40. The molecule has 0 amide bonds. The van der Waals surface area contributed by atoms with Crippen LogP contribution in [0.3, 0.4) is 0 Å². The number of Topliss-reactive ketones (excluding diaryl/α,β-unsaturated/α-hetero) is 1. The molecule has 0 bridgehead atoms. The van der Waals surface area contributed by atoms with Gasteiger partial charge in [-0.3, -0.25) is 0 Å². The third-order valence-corrected chi connectivity index (χ3v) is 8.45. The smallest absolute Gasteiger partial charge is 0.329 e. The summed E-state index contributed by atoms with van der Waals surface area (Å²) in [6, 6.07) is 0. The van der Waals surface area contributed by atoms with Gasteiger partial charge in [-0.1, -0.05) is 103 Å². The number of carbonyl (C=O) groups excluding carboxylic acids is 1. The normalized spacial score (nSPS) is 15.8. The maximum Gasteiger partial charge on any atom is 0.329 e. The molecule has 38 heavy (non-hydrogen) atoms. The van der Waals surface area contributed by atoms with Crippen molar-refractivity contribution in [2.24, 2.45) is 5.92 Å². The first-order valence-electron chi connectivity index (χ1n) is 16.3. The van der Waals surface area contributed by atoms with E-state index in [1.165, 1.54) is 122 Å². The summed E-state index contributed by atoms with van der Waals surface area (Å²) in [5.41, 5.74) is 0. The highest BCUT2D eigenvalue weighted by Crippen LogP contribution is 2.33. The number of nitrogens with one attached hydrogen (secondary N) is 1. The minimum absolute atomic E-state index is 0.0247. The average Bonchev–Trinajstić information content (AvgIpc) is 3.42. The predicted molar refractivity (Wildman–Crippen MR) is 160 cm³/mol. The first kappa shape index (κ1) is 35.9. The van der Waals surface area contributed by atoms with Gasteiger partial charge in [0.15, 0.2) is 0 Å². The zero-order chi connectivity index (χ0) is 27.5. The molecule has 0 aromatic carbocycles. The van der Waals surface area contributed by atoms with Gasteiger partial charge in [-0.2, -0.15) is 0 Å². The van der Waals surface area contributed by atoms with Crippen LogP contribution < -0.4 is 4.90 Å². The molecular formula is C31H63NO5P+. The highest BCUT2D eigenvalue weighted by atomic mass is 31.2. The maximum absolute atomic E-state index is 11.6. The van der Waals surface area contributed by atoms with Gasteiger partial charge in [-0.05, 0) is 13.3 Å². The van der Waals surface area contributed by atoms with E-state index in [2.05, 4.69) is 6.92 Å². The Balaban J connectivity index is 1.89. The molecule has 1 saturated heterocycles. The van der Waals surface area contributed by atoms with Gasteiger partial charge < -0.3 is 28.4 Å². The number of hydrogen-bond acceptors (Lipinski definition) is 5. The third kappa shape index (κ3) is 23.8. The Morgan fingerprint density at radius 1 is 0.737 bits per heavy atom. The fraction of sp³-hybridized carbons (Fsp3) is 0.968. The summed E-state index contributed by atoms with van der Waals surface area (Å²) >= 11 is 0. The lowest BCUT2D eigenvalue weighted by Gasteiger charge is -2.18. The van der Waals surface area contributed by atoms with Crippen molar-refractivity contribution < 1.29 is 28.4 Å². The van der Waals surface area contributed by atoms with Crippen molar-refractivity contribution in [3.8, 4) is 0 Å². The standard InChI is InChI=1S/C31H62NO5P/c1-3-4-5-6-7-8-9-10-11-12-13-14-15-16-17-20-25-35-28-31(27-30(2)33)29-37-38(34)36-26-21-24-32-22-18-19-23-32/h31,34H,3-29H2,1-2H3/p+1. The van der Waals surface area contributed by atoms with E-state index in [1.54, 1.807) is 11.8 Å². The Kier molecular flexibility index (Phi) is 25.6. The van der Waals surface area contributed by atoms with E-state index in [-0.39, 0.29) is 11.7 Å². The Morgan fingerprint density at radius 2 is 1.26 bits per heavy atom. The van der Waals surface area contributed by atoms with E-state index in [0.717, 1.165) is 26.0 Å². The summed E-state index contributed by atoms with van der Waals surface area (Å²) < 4.78 is 16.8. The molecule has 1 heterocycles. The molecule has 1 rings (SSSR count). The number of unbranched alkanes of at least 4 members (excludes halogenated alkanes) is 15. The van der Waals surface area contributed by atoms with Gasteiger partial charge in [-0.25, -0.2) is 0 Å². The molecule has 0 radical (unpaired) electrons. The minimum Gasteiger partial charge on any atom is -0.381 e. The molecule has 0 aromatic rings. The van der Waals surface area contributed by atoms with E-state index >= 15 is 0 Å². The molecule has 7 heteroatoms. The molecule has 1 aliphatic rings. The van der Waals surface area contributed by atoms with Crippen molar-refractivity contribution in [1.29, 1.82) is 0 Å². The fourth-order valence-corrected chi connectivity index (χ4v) is 6.07. The van der Waals surface area contributed by atoms with Crippen molar-refractivity contribution in [3.63, 3.8) is 0 Å². The fourth-order valence-electron chi connectivity index (χ4n) is 5.37. The molecule has 6 nitrogen and oxygen atoms in total. The number of quaternary nitrogens is 1. The van der Waals surface area contributed by atoms with E-state index in [4.69, 9.17) is 13.8 Å². The summed E-state index contributed by atoms with van der Waals surface area (Å²) in [6.07, 6.45) is 25.8. The molecule has 2 atom stereocenters. The van der Waals surface area contributed by atoms with Crippen LogP contribution in [0, 0.1) is 5.92 Å². The number of hydrogen-bond donors (Lipinski definition) is 2. The zero-order valence-corrected chi connectivity index (χ0v) is 26.1. The molecule has 0 aromatic heterocycles. The van der Waals surface area contributed by atoms with E-state index in [0.29, 0.717) is 26.2 Å². The van der Waals surface area contributed by atoms with Gasteiger partial charge in [0.1, 0.15) is 5.78 Å². The number of ether oxygens (including phenoxy) is 1. The summed E-state index contributed by atoms with van der Waals surface area (Å²) in [6.45, 7) is 9.57. The largest absolute Gasteiger partial charge is 0.381 e. The minimum atomic E-state index is -1.88. The van der Waals surface area contributed by atoms with Crippen molar-refractivity contribution in [2.75, 3.05) is 46.1 Å². The molecule has 2 N–H and O–H groups in total. The Morgan fingerprint density at radius 3 is 1.79 bits per heavy atom. The second kappa shape index (κ2) is 27.1. The Bertz CT molecular complexity index is 518. The topological polar surface area (TPSA) is 69.4 Å². The van der Waals surface area contributed by atoms with Crippen LogP contribution in [-0.2, 0) is 18.6 Å². The summed E-state index contributed by atoms with van der Waals surface area (Å²) in [5.74, 6) is 0.102. The number of ketones is 1. The molecular weight excluding hydrogens is 497 g/mol. The van der Waals surface area contributed by atoms with Gasteiger partial charge in [0.25, 0.3) is 0 Å². The average molecular weight is 561 g/mol. The summed E-state index contributed by atoms with van der Waals surface area (Å²) in [5, 5.41) is 0. The van der Waals surface area contributed by atoms with E-state index < -0.39 is 8.60 Å². The Labute approximate surface area is 236 Å². The van der Waals surface area contributed by atoms with Crippen LogP contribution in [0.1, 0.15) is 142 Å². The van der Waals surface area contributed by atoms with Crippen molar-refractivity contribution in [3.05, 3.63) is 0 Å². The second-order valence-corrected chi connectivity index (χ2v) is 12.6. The monoisotopic (exact) mass is 560 g/mol. The number of likely N-dealkylation sites (tertiary alicyclic amines) is 1. The quantitative estimate of drug-likeness (QED) is 0.0749. The lowest BCUT2D eigenvalue weighted by atomic mass is 10.0. The van der Waals surface area contributed by atoms with E-state index in [9.17, 15) is 9.69 Å². The van der Waals surface area contributed by atoms with Crippen molar-refractivity contribution in [1.82, 2.24) is 0 Å². The number of rotatable bonds is 29. The van der Waals surface area contributed by atoms with Crippen molar-refractivity contribution in [2.45, 2.75) is 142 Å². The van der Waals surface area contributed by atoms with Crippen LogP contribution in [0.25, 0.3) is 0 Å². The van der Waals surface area contributed by atoms with Gasteiger partial charge >= 0.3 is 8.60 Å². The molecule has 0 aliphatic carbocycles. The van der Waals surface area contributed by atoms with E-state index in [1.807, 2.05) is 0 Å². The molecule has 1 fully saturated rings. The Hall–Kier alpha value is -0.100. The predicted octanol–water partition coefficient (Wildman–Crippen LogP) is 7.18. The van der Waals surface area contributed by atoms with Crippen LogP contribution in [-0.4, -0.2) is 56.7 Å². The first-order chi connectivity index (χ1) is 18.6. The van der Waals surface area contributed by atoms with Crippen molar-refractivity contribution >= 4 is 14.4 Å². The SMILES string of the molecule is CCCCCCCCCCCCCCCCCCOCC(COP(O)OCCC[NH+]1CCCC1)CC(C)=O. The molecule has 2 unspecified atom stereocenters. The van der Waals surface area contributed by atoms with Gasteiger partial charge in [0.2, 0.25) is 0 Å². The summed E-state index contributed by atoms with van der Waals surface area (Å²) in [7, 11) is -1.88. The lowest BCUT2D eigenvalue weighted by Crippen LogP contribution is -3.10. The highest BCUT2D eigenvalue weighted by Gasteiger charge is 2.17. The van der Waals surface area contributed by atoms with Gasteiger partial charge in [0, 0.05) is 38.2 Å². The second-order valence-electron chi connectivity index (χ2n) is 11.6. The van der Waals surface area contributed by atoms with Crippen LogP contribution in [0.15, 0.2) is 0 Å². The maximum atomic E-state index is 11.6. The lowest BCUT2D eigenvalue weighted by molar-refractivity contribution is -0.887. The molecule has 226 valence electrons. The van der Waals surface area contributed by atoms with Crippen LogP contribution in [0.4, 0.5) is 0 Å². The molecule has 1 aliphatic heterocycles. The summed E-state index contributed by atoms with van der Waals surface area (Å²) in [4.78, 5) is 23.3. The van der Waals surface area contributed by atoms with Crippen LogP contribution in [0.2, 0.25) is 0 Å². The molecule has 0 spiro atoms. The first-order valence-corrected chi connectivity index (χ1v) is 17.4. The molecule has 0 saturated carbocycles.